The van der Waals surface area contributed by atoms with E-state index in [-0.39, 0.29) is 5.43 Å². The number of methoxy groups -OCH3 is 1. The minimum Gasteiger partial charge on any atom is -0.497 e. The number of nitrogens with one attached hydrogen (secondary N) is 1. The van der Waals surface area contributed by atoms with E-state index < -0.39 is 0 Å². The smallest absolute Gasteiger partial charge is 0.193 e. The number of hydrogen-bond acceptors (Lipinski definition) is 4. The Hall–Kier alpha value is -2.59. The fourth-order valence-electron chi connectivity index (χ4n) is 2.01. The Bertz CT molecular complexity index is 794. The Balaban J connectivity index is 0.000000545. The van der Waals surface area contributed by atoms with Gasteiger partial charge in [0.1, 0.15) is 17.1 Å². The lowest BCUT2D eigenvalue weighted by molar-refractivity contribution is 0.415. The van der Waals surface area contributed by atoms with Crippen molar-refractivity contribution < 1.29 is 9.15 Å². The zero-order valence-electron chi connectivity index (χ0n) is 12.9. The largest absolute Gasteiger partial charge is 0.497 e. The van der Waals surface area contributed by atoms with E-state index in [4.69, 9.17) is 9.15 Å². The van der Waals surface area contributed by atoms with E-state index in [1.165, 1.54) is 6.07 Å². The Morgan fingerprint density at radius 3 is 2.32 bits per heavy atom. The fourth-order valence-corrected chi connectivity index (χ4v) is 2.01. The van der Waals surface area contributed by atoms with Crippen molar-refractivity contribution in [3.05, 3.63) is 64.8 Å². The fraction of sp³-hybridized carbons (Fsp3) is 0.167. The molecule has 0 radical (unpaired) electrons. The van der Waals surface area contributed by atoms with E-state index in [1.807, 2.05) is 44.4 Å². The normalized spacial score (nSPS) is 9.95. The van der Waals surface area contributed by atoms with Crippen molar-refractivity contribution >= 4 is 11.0 Å². The lowest BCUT2D eigenvalue weighted by Gasteiger charge is -2.04. The average Bonchev–Trinajstić information content (AvgIpc) is 2.56. The quantitative estimate of drug-likeness (QED) is 0.788. The third-order valence-electron chi connectivity index (χ3n) is 2.99. The number of benzene rings is 2. The topological polar surface area (TPSA) is 51.5 Å². The first-order valence-electron chi connectivity index (χ1n) is 6.95. The number of fused-ring (bicyclic) bond motifs is 1. The molecule has 0 unspecified atom stereocenters. The van der Waals surface area contributed by atoms with Gasteiger partial charge in [-0.2, -0.15) is 0 Å². The summed E-state index contributed by atoms with van der Waals surface area (Å²) in [5, 5.41) is 3.28. The van der Waals surface area contributed by atoms with Gasteiger partial charge in [0.05, 0.1) is 12.5 Å². The van der Waals surface area contributed by atoms with Gasteiger partial charge < -0.3 is 14.5 Å². The Morgan fingerprint density at radius 2 is 1.68 bits per heavy atom. The van der Waals surface area contributed by atoms with E-state index in [0.717, 1.165) is 5.56 Å². The molecule has 0 aliphatic carbocycles. The van der Waals surface area contributed by atoms with E-state index in [2.05, 4.69) is 5.32 Å². The van der Waals surface area contributed by atoms with E-state index in [1.54, 1.807) is 25.3 Å². The molecule has 114 valence electrons. The second-order valence-corrected chi connectivity index (χ2v) is 4.70. The highest BCUT2D eigenvalue weighted by Crippen LogP contribution is 2.24. The number of ether oxygens (including phenoxy) is 1. The molecular weight excluding hydrogens is 278 g/mol. The maximum absolute atomic E-state index is 12.1. The van der Waals surface area contributed by atoms with E-state index in [0.29, 0.717) is 22.5 Å². The molecule has 0 aliphatic heterocycles. The number of hydrogen-bond donors (Lipinski definition) is 1. The Labute approximate surface area is 129 Å². The molecule has 1 N–H and O–H groups in total. The molecule has 0 atom stereocenters. The van der Waals surface area contributed by atoms with Crippen LogP contribution in [0.2, 0.25) is 0 Å². The highest BCUT2D eigenvalue weighted by Gasteiger charge is 2.07. The monoisotopic (exact) mass is 297 g/mol. The molecule has 0 saturated heterocycles. The molecule has 0 bridgehead atoms. The number of rotatable bonds is 2. The summed E-state index contributed by atoms with van der Waals surface area (Å²) in [6.45, 7) is 0. The first-order valence-corrected chi connectivity index (χ1v) is 6.95. The van der Waals surface area contributed by atoms with Crippen LogP contribution in [0.15, 0.2) is 63.8 Å². The first kappa shape index (κ1) is 15.8. The molecule has 0 saturated carbocycles. The third kappa shape index (κ3) is 3.54. The highest BCUT2D eigenvalue weighted by atomic mass is 16.5. The summed E-state index contributed by atoms with van der Waals surface area (Å²) in [5.41, 5.74) is 1.38. The molecule has 1 heterocycles. The van der Waals surface area contributed by atoms with Crippen molar-refractivity contribution in [2.45, 2.75) is 0 Å². The molecule has 0 fully saturated rings. The predicted molar refractivity (Wildman–Crippen MR) is 89.5 cm³/mol. The van der Waals surface area contributed by atoms with Gasteiger partial charge in [-0.25, -0.2) is 0 Å². The second kappa shape index (κ2) is 7.43. The summed E-state index contributed by atoms with van der Waals surface area (Å²) in [5.74, 6) is 1.22. The maximum Gasteiger partial charge on any atom is 0.193 e. The van der Waals surface area contributed by atoms with E-state index >= 15 is 0 Å². The van der Waals surface area contributed by atoms with Gasteiger partial charge in [-0.05, 0) is 32.3 Å². The van der Waals surface area contributed by atoms with Gasteiger partial charge in [0.2, 0.25) is 0 Å². The Kier molecular flexibility index (Phi) is 5.33. The standard InChI is InChI=1S/C16H12O3.C2H7N/c1-18-12-7-8-15-13(9-12)14(17)10-16(19-15)11-5-3-2-4-6-11;1-3-2/h2-10H,1H3;3H,1-2H3. The van der Waals surface area contributed by atoms with Crippen molar-refractivity contribution in [3.8, 4) is 17.1 Å². The highest BCUT2D eigenvalue weighted by molar-refractivity contribution is 5.80. The molecule has 1 aromatic heterocycles. The molecule has 3 aromatic rings. The van der Waals surface area contributed by atoms with Gasteiger partial charge in [-0.3, -0.25) is 4.79 Å². The molecular formula is C18H19NO3. The van der Waals surface area contributed by atoms with Gasteiger partial charge in [-0.15, -0.1) is 0 Å². The van der Waals surface area contributed by atoms with E-state index in [9.17, 15) is 4.79 Å². The summed E-state index contributed by atoms with van der Waals surface area (Å²) in [4.78, 5) is 12.1. The predicted octanol–water partition coefficient (Wildman–Crippen LogP) is 3.30. The van der Waals surface area contributed by atoms with Crippen LogP contribution < -0.4 is 15.5 Å². The average molecular weight is 297 g/mol. The molecule has 4 heteroatoms. The van der Waals surface area contributed by atoms with Gasteiger partial charge in [0.25, 0.3) is 0 Å². The second-order valence-electron chi connectivity index (χ2n) is 4.70. The van der Waals surface area contributed by atoms with Crippen LogP contribution >= 0.6 is 0 Å². The molecule has 0 spiro atoms. The zero-order chi connectivity index (χ0) is 15.9. The zero-order valence-corrected chi connectivity index (χ0v) is 12.9. The van der Waals surface area contributed by atoms with Crippen LogP contribution in [0.1, 0.15) is 0 Å². The molecule has 2 aromatic carbocycles. The van der Waals surface area contributed by atoms with Gasteiger partial charge in [0, 0.05) is 11.6 Å². The third-order valence-corrected chi connectivity index (χ3v) is 2.99. The van der Waals surface area contributed by atoms with Crippen LogP contribution in [0.4, 0.5) is 0 Å². The van der Waals surface area contributed by atoms with Crippen LogP contribution in [0.25, 0.3) is 22.3 Å². The van der Waals surface area contributed by atoms with Crippen molar-refractivity contribution in [1.82, 2.24) is 5.32 Å². The van der Waals surface area contributed by atoms with Crippen LogP contribution in [0, 0.1) is 0 Å². The summed E-state index contributed by atoms with van der Waals surface area (Å²) >= 11 is 0. The van der Waals surface area contributed by atoms with Crippen molar-refractivity contribution in [3.63, 3.8) is 0 Å². The van der Waals surface area contributed by atoms with Crippen LogP contribution in [-0.4, -0.2) is 21.2 Å². The summed E-state index contributed by atoms with van der Waals surface area (Å²) < 4.78 is 10.9. The lowest BCUT2D eigenvalue weighted by Crippen LogP contribution is -2.00. The molecule has 22 heavy (non-hydrogen) atoms. The van der Waals surface area contributed by atoms with Gasteiger partial charge in [0.15, 0.2) is 5.43 Å². The Morgan fingerprint density at radius 1 is 1.00 bits per heavy atom. The first-order chi connectivity index (χ1) is 10.7. The minimum absolute atomic E-state index is 0.0704. The van der Waals surface area contributed by atoms with Crippen molar-refractivity contribution in [1.29, 1.82) is 0 Å². The van der Waals surface area contributed by atoms with Crippen LogP contribution in [0.3, 0.4) is 0 Å². The SMILES string of the molecule is CNC.COc1ccc2oc(-c3ccccc3)cc(=O)c2c1. The molecule has 4 nitrogen and oxygen atoms in total. The van der Waals surface area contributed by atoms with Gasteiger partial charge >= 0.3 is 0 Å². The van der Waals surface area contributed by atoms with Gasteiger partial charge in [-0.1, -0.05) is 30.3 Å². The van der Waals surface area contributed by atoms with Crippen LogP contribution in [0.5, 0.6) is 5.75 Å². The van der Waals surface area contributed by atoms with Crippen molar-refractivity contribution in [2.24, 2.45) is 0 Å². The van der Waals surface area contributed by atoms with Crippen LogP contribution in [-0.2, 0) is 0 Å². The molecule has 3 rings (SSSR count). The minimum atomic E-state index is -0.0704. The molecule has 0 amide bonds. The lowest BCUT2D eigenvalue weighted by atomic mass is 10.1. The summed E-state index contributed by atoms with van der Waals surface area (Å²) in [6.07, 6.45) is 0. The maximum atomic E-state index is 12.1. The van der Waals surface area contributed by atoms with Crippen molar-refractivity contribution in [2.75, 3.05) is 21.2 Å². The molecule has 0 aliphatic rings. The summed E-state index contributed by atoms with van der Waals surface area (Å²) in [7, 11) is 5.32. The summed E-state index contributed by atoms with van der Waals surface area (Å²) in [6, 6.07) is 16.3.